The molecule has 2 unspecified atom stereocenters. The lowest BCUT2D eigenvalue weighted by atomic mass is 9.95. The van der Waals surface area contributed by atoms with Crippen LogP contribution in [0.1, 0.15) is 34.1 Å². The summed E-state index contributed by atoms with van der Waals surface area (Å²) >= 11 is 0. The molecular weight excluding hydrogens is 182 g/mol. The van der Waals surface area contributed by atoms with E-state index in [-0.39, 0.29) is 30.4 Å². The van der Waals surface area contributed by atoms with Gasteiger partial charge in [-0.05, 0) is 27.2 Å². The predicted octanol–water partition coefficient (Wildman–Crippen LogP) is 1.05. The van der Waals surface area contributed by atoms with Crippen molar-refractivity contribution in [1.29, 1.82) is 0 Å². The lowest BCUT2D eigenvalue weighted by molar-refractivity contribution is -0.155. The largest absolute Gasteiger partial charge is 0.462 e. The number of ether oxygens (including phenoxy) is 2. The summed E-state index contributed by atoms with van der Waals surface area (Å²) in [5.74, 6) is -0.272. The molecule has 0 aliphatic carbocycles. The smallest absolute Gasteiger partial charge is 0.302 e. The van der Waals surface area contributed by atoms with E-state index in [9.17, 15) is 4.79 Å². The molecule has 1 aliphatic heterocycles. The van der Waals surface area contributed by atoms with Crippen LogP contribution >= 0.6 is 0 Å². The van der Waals surface area contributed by atoms with Crippen LogP contribution in [0.2, 0.25) is 0 Å². The molecule has 2 atom stereocenters. The molecule has 0 spiro atoms. The Labute approximate surface area is 85.0 Å². The molecule has 0 aromatic carbocycles. The van der Waals surface area contributed by atoms with Gasteiger partial charge in [0.05, 0.1) is 6.10 Å². The molecule has 0 aromatic heterocycles. The van der Waals surface area contributed by atoms with E-state index in [1.165, 1.54) is 6.92 Å². The van der Waals surface area contributed by atoms with Gasteiger partial charge in [0.25, 0.3) is 0 Å². The number of esters is 1. The number of hydrogen-bond donors (Lipinski definition) is 1. The van der Waals surface area contributed by atoms with E-state index in [0.717, 1.165) is 6.42 Å². The minimum Gasteiger partial charge on any atom is -0.462 e. The molecule has 0 radical (unpaired) electrons. The Balaban J connectivity index is 2.42. The van der Waals surface area contributed by atoms with Crippen molar-refractivity contribution in [3.8, 4) is 0 Å². The standard InChI is InChI=1S/C10H19NO3/c1-7-5-10(3,4)11-9(14-7)6-13-8(2)12/h7,9,11H,5-6H2,1-4H3. The summed E-state index contributed by atoms with van der Waals surface area (Å²) in [6.07, 6.45) is 0.980. The van der Waals surface area contributed by atoms with Crippen LogP contribution in [0.5, 0.6) is 0 Å². The van der Waals surface area contributed by atoms with Crippen molar-refractivity contribution in [3.05, 3.63) is 0 Å². The van der Waals surface area contributed by atoms with Gasteiger partial charge in [-0.1, -0.05) is 0 Å². The second-order valence-electron chi connectivity index (χ2n) is 4.47. The van der Waals surface area contributed by atoms with Crippen molar-refractivity contribution in [2.24, 2.45) is 0 Å². The molecule has 1 saturated heterocycles. The monoisotopic (exact) mass is 201 g/mol. The van der Waals surface area contributed by atoms with E-state index in [1.807, 2.05) is 6.92 Å². The van der Waals surface area contributed by atoms with Crippen molar-refractivity contribution < 1.29 is 14.3 Å². The Kier molecular flexibility index (Phi) is 3.50. The highest BCUT2D eigenvalue weighted by Crippen LogP contribution is 2.21. The zero-order chi connectivity index (χ0) is 10.8. The Bertz CT molecular complexity index is 215. The van der Waals surface area contributed by atoms with E-state index < -0.39 is 0 Å². The summed E-state index contributed by atoms with van der Waals surface area (Å²) in [5, 5.41) is 3.28. The number of rotatable bonds is 2. The van der Waals surface area contributed by atoms with Crippen molar-refractivity contribution in [2.45, 2.75) is 52.0 Å². The first-order chi connectivity index (χ1) is 6.39. The van der Waals surface area contributed by atoms with Crippen LogP contribution in [0.25, 0.3) is 0 Å². The fraction of sp³-hybridized carbons (Fsp3) is 0.900. The van der Waals surface area contributed by atoms with Gasteiger partial charge in [0.2, 0.25) is 0 Å². The maximum Gasteiger partial charge on any atom is 0.302 e. The third-order valence-corrected chi connectivity index (χ3v) is 2.18. The first kappa shape index (κ1) is 11.5. The van der Waals surface area contributed by atoms with Gasteiger partial charge in [0.1, 0.15) is 12.8 Å². The fourth-order valence-corrected chi connectivity index (χ4v) is 1.85. The van der Waals surface area contributed by atoms with Gasteiger partial charge in [-0.3, -0.25) is 10.1 Å². The molecule has 0 aromatic rings. The second-order valence-corrected chi connectivity index (χ2v) is 4.47. The van der Waals surface area contributed by atoms with Crippen LogP contribution in [-0.2, 0) is 14.3 Å². The van der Waals surface area contributed by atoms with Crippen molar-refractivity contribution in [1.82, 2.24) is 5.32 Å². The molecule has 82 valence electrons. The van der Waals surface area contributed by atoms with E-state index in [1.54, 1.807) is 0 Å². The summed E-state index contributed by atoms with van der Waals surface area (Å²) in [6.45, 7) is 7.95. The quantitative estimate of drug-likeness (QED) is 0.678. The van der Waals surface area contributed by atoms with Crippen LogP contribution in [0.4, 0.5) is 0 Å². The van der Waals surface area contributed by atoms with Crippen molar-refractivity contribution >= 4 is 5.97 Å². The van der Waals surface area contributed by atoms with Crippen LogP contribution in [0.3, 0.4) is 0 Å². The molecule has 0 bridgehead atoms. The molecule has 4 nitrogen and oxygen atoms in total. The summed E-state index contributed by atoms with van der Waals surface area (Å²) in [5.41, 5.74) is 0.0441. The third kappa shape index (κ3) is 3.64. The lowest BCUT2D eigenvalue weighted by Crippen LogP contribution is -2.56. The second kappa shape index (κ2) is 4.28. The molecule has 1 rings (SSSR count). The summed E-state index contributed by atoms with van der Waals surface area (Å²) in [4.78, 5) is 10.6. The summed E-state index contributed by atoms with van der Waals surface area (Å²) in [6, 6.07) is 0. The van der Waals surface area contributed by atoms with E-state index in [4.69, 9.17) is 9.47 Å². The highest BCUT2D eigenvalue weighted by atomic mass is 16.6. The number of carbonyl (C=O) groups excluding carboxylic acids is 1. The normalized spacial score (nSPS) is 31.1. The first-order valence-corrected chi connectivity index (χ1v) is 4.95. The van der Waals surface area contributed by atoms with E-state index in [0.29, 0.717) is 0 Å². The summed E-state index contributed by atoms with van der Waals surface area (Å²) in [7, 11) is 0. The van der Waals surface area contributed by atoms with Gasteiger partial charge in [-0.2, -0.15) is 0 Å². The van der Waals surface area contributed by atoms with Gasteiger partial charge >= 0.3 is 5.97 Å². The Morgan fingerprint density at radius 2 is 2.29 bits per heavy atom. The van der Waals surface area contributed by atoms with E-state index in [2.05, 4.69) is 19.2 Å². The van der Waals surface area contributed by atoms with Gasteiger partial charge in [0, 0.05) is 12.5 Å². The molecule has 0 amide bonds. The van der Waals surface area contributed by atoms with Gasteiger partial charge in [0.15, 0.2) is 0 Å². The average molecular weight is 201 g/mol. The minimum atomic E-state index is -0.272. The molecule has 0 saturated carbocycles. The maximum atomic E-state index is 10.6. The molecule has 1 aliphatic rings. The molecular formula is C10H19NO3. The molecule has 14 heavy (non-hydrogen) atoms. The van der Waals surface area contributed by atoms with Gasteiger partial charge < -0.3 is 9.47 Å². The molecule has 4 heteroatoms. The zero-order valence-corrected chi connectivity index (χ0v) is 9.29. The lowest BCUT2D eigenvalue weighted by Gasteiger charge is -2.40. The van der Waals surface area contributed by atoms with Gasteiger partial charge in [-0.15, -0.1) is 0 Å². The molecule has 1 N–H and O–H groups in total. The average Bonchev–Trinajstić information content (AvgIpc) is 1.96. The highest BCUT2D eigenvalue weighted by Gasteiger charge is 2.32. The van der Waals surface area contributed by atoms with Gasteiger partial charge in [-0.25, -0.2) is 0 Å². The molecule has 1 fully saturated rings. The minimum absolute atomic E-state index is 0.0441. The Morgan fingerprint density at radius 3 is 2.79 bits per heavy atom. The number of nitrogens with one attached hydrogen (secondary N) is 1. The Morgan fingerprint density at radius 1 is 1.64 bits per heavy atom. The van der Waals surface area contributed by atoms with Crippen molar-refractivity contribution in [2.75, 3.05) is 6.61 Å². The first-order valence-electron chi connectivity index (χ1n) is 4.95. The van der Waals surface area contributed by atoms with Crippen LogP contribution < -0.4 is 5.32 Å². The zero-order valence-electron chi connectivity index (χ0n) is 9.29. The highest BCUT2D eigenvalue weighted by molar-refractivity contribution is 5.65. The van der Waals surface area contributed by atoms with Crippen LogP contribution in [-0.4, -0.2) is 30.4 Å². The maximum absolute atomic E-state index is 10.6. The van der Waals surface area contributed by atoms with Crippen LogP contribution in [0, 0.1) is 0 Å². The topological polar surface area (TPSA) is 47.6 Å². The SMILES string of the molecule is CC(=O)OCC1NC(C)(C)CC(C)O1. The predicted molar refractivity (Wildman–Crippen MR) is 52.8 cm³/mol. The third-order valence-electron chi connectivity index (χ3n) is 2.18. The fourth-order valence-electron chi connectivity index (χ4n) is 1.85. The molecule has 1 heterocycles. The summed E-state index contributed by atoms with van der Waals surface area (Å²) < 4.78 is 10.5. The number of hydrogen-bond acceptors (Lipinski definition) is 4. The Hall–Kier alpha value is -0.610. The van der Waals surface area contributed by atoms with Crippen molar-refractivity contribution in [3.63, 3.8) is 0 Å². The van der Waals surface area contributed by atoms with E-state index >= 15 is 0 Å². The number of carbonyl (C=O) groups is 1. The van der Waals surface area contributed by atoms with Crippen LogP contribution in [0.15, 0.2) is 0 Å².